The first-order valence-electron chi connectivity index (χ1n) is 8.22. The van der Waals surface area contributed by atoms with Gasteiger partial charge in [0.15, 0.2) is 6.61 Å². The third-order valence-electron chi connectivity index (χ3n) is 4.02. The lowest BCUT2D eigenvalue weighted by Crippen LogP contribution is -2.20. The first kappa shape index (κ1) is 19.1. The molecule has 0 aliphatic rings. The van der Waals surface area contributed by atoms with Crippen molar-refractivity contribution < 1.29 is 19.2 Å². The Morgan fingerprint density at radius 1 is 1.12 bits per heavy atom. The molecule has 7 heteroatoms. The maximum Gasteiger partial charge on any atom is 0.338 e. The molecule has 0 saturated heterocycles. The highest BCUT2D eigenvalue weighted by atomic mass is 16.6. The molecule has 2 rings (SSSR count). The Bertz CT molecular complexity index is 785. The average molecular weight is 356 g/mol. The van der Waals surface area contributed by atoms with E-state index in [0.29, 0.717) is 11.6 Å². The number of hydrogen-bond donors (Lipinski definition) is 1. The molecule has 0 aliphatic heterocycles. The van der Waals surface area contributed by atoms with E-state index in [1.807, 2.05) is 12.1 Å². The van der Waals surface area contributed by atoms with Crippen molar-refractivity contribution in [2.75, 3.05) is 11.9 Å². The van der Waals surface area contributed by atoms with Gasteiger partial charge in [-0.2, -0.15) is 0 Å². The summed E-state index contributed by atoms with van der Waals surface area (Å²) in [7, 11) is 0. The number of hydrogen-bond acceptors (Lipinski definition) is 5. The number of ether oxygens (including phenoxy) is 1. The Morgan fingerprint density at radius 3 is 2.27 bits per heavy atom. The largest absolute Gasteiger partial charge is 0.452 e. The minimum absolute atomic E-state index is 0.125. The van der Waals surface area contributed by atoms with Crippen LogP contribution in [0.1, 0.15) is 42.1 Å². The van der Waals surface area contributed by atoms with Gasteiger partial charge >= 0.3 is 5.97 Å². The highest BCUT2D eigenvalue weighted by molar-refractivity contribution is 5.95. The van der Waals surface area contributed by atoms with E-state index in [0.717, 1.165) is 6.42 Å². The van der Waals surface area contributed by atoms with Crippen LogP contribution in [0, 0.1) is 10.1 Å². The van der Waals surface area contributed by atoms with Gasteiger partial charge < -0.3 is 10.1 Å². The molecule has 0 spiro atoms. The van der Waals surface area contributed by atoms with Crippen LogP contribution in [0.3, 0.4) is 0 Å². The van der Waals surface area contributed by atoms with Crippen LogP contribution in [0.5, 0.6) is 0 Å². The van der Waals surface area contributed by atoms with E-state index in [-0.39, 0.29) is 11.3 Å². The molecule has 0 bridgehead atoms. The predicted molar refractivity (Wildman–Crippen MR) is 97.2 cm³/mol. The van der Waals surface area contributed by atoms with Gasteiger partial charge in [0.25, 0.3) is 11.6 Å². The molecule has 7 nitrogen and oxygen atoms in total. The van der Waals surface area contributed by atoms with Crippen LogP contribution >= 0.6 is 0 Å². The summed E-state index contributed by atoms with van der Waals surface area (Å²) in [5.41, 5.74) is 1.82. The van der Waals surface area contributed by atoms with Crippen LogP contribution in [-0.2, 0) is 9.53 Å². The van der Waals surface area contributed by atoms with E-state index in [9.17, 15) is 19.7 Å². The molecule has 0 aliphatic carbocycles. The summed E-state index contributed by atoms with van der Waals surface area (Å²) >= 11 is 0. The van der Waals surface area contributed by atoms with Crippen molar-refractivity contribution in [3.63, 3.8) is 0 Å². The molecule has 1 N–H and O–H groups in total. The molecule has 0 heterocycles. The van der Waals surface area contributed by atoms with Gasteiger partial charge in [-0.25, -0.2) is 4.79 Å². The number of carbonyl (C=O) groups excluding carboxylic acids is 2. The number of benzene rings is 2. The Balaban J connectivity index is 1.86. The lowest BCUT2D eigenvalue weighted by Gasteiger charge is -2.10. The summed E-state index contributed by atoms with van der Waals surface area (Å²) in [5, 5.41) is 13.2. The molecule has 26 heavy (non-hydrogen) atoms. The Morgan fingerprint density at radius 2 is 1.73 bits per heavy atom. The van der Waals surface area contributed by atoms with Gasteiger partial charge in [0.2, 0.25) is 0 Å². The van der Waals surface area contributed by atoms with Crippen LogP contribution < -0.4 is 5.32 Å². The fourth-order valence-corrected chi connectivity index (χ4v) is 2.26. The third kappa shape index (κ3) is 5.14. The Kier molecular flexibility index (Phi) is 6.43. The molecule has 0 unspecified atom stereocenters. The van der Waals surface area contributed by atoms with Crippen LogP contribution in [0.25, 0.3) is 0 Å². The number of nitrogens with zero attached hydrogens (tertiary/aromatic N) is 1. The number of anilines is 1. The minimum Gasteiger partial charge on any atom is -0.452 e. The second kappa shape index (κ2) is 8.75. The number of nitrogens with one attached hydrogen (secondary N) is 1. The normalized spacial score (nSPS) is 11.5. The molecular formula is C19H20N2O5. The van der Waals surface area contributed by atoms with Gasteiger partial charge in [0.1, 0.15) is 0 Å². The number of nitro benzene ring substituents is 1. The Labute approximate surface area is 151 Å². The number of carbonyl (C=O) groups is 2. The molecular weight excluding hydrogens is 336 g/mol. The van der Waals surface area contributed by atoms with Crippen molar-refractivity contribution in [3.05, 3.63) is 69.8 Å². The summed E-state index contributed by atoms with van der Waals surface area (Å²) < 4.78 is 4.92. The van der Waals surface area contributed by atoms with Gasteiger partial charge in [0.05, 0.1) is 10.5 Å². The highest BCUT2D eigenvalue weighted by Gasteiger charge is 2.13. The number of amides is 1. The van der Waals surface area contributed by atoms with Crippen molar-refractivity contribution >= 4 is 23.3 Å². The van der Waals surface area contributed by atoms with Gasteiger partial charge in [-0.15, -0.1) is 0 Å². The van der Waals surface area contributed by atoms with Crippen LogP contribution in [0.15, 0.2) is 48.5 Å². The molecule has 0 aromatic heterocycles. The van der Waals surface area contributed by atoms with Crippen molar-refractivity contribution in [3.8, 4) is 0 Å². The standard InChI is InChI=1S/C19H20N2O5/c1-3-13(2)14-4-8-16(9-5-14)20-18(22)12-26-19(23)15-6-10-17(11-7-15)21(24)25/h4-11,13H,3,12H2,1-2H3,(H,20,22)/t13-/m0/s1. The van der Waals surface area contributed by atoms with E-state index in [1.54, 1.807) is 12.1 Å². The predicted octanol–water partition coefficient (Wildman–Crippen LogP) is 3.90. The number of esters is 1. The quantitative estimate of drug-likeness (QED) is 0.461. The Hall–Kier alpha value is -3.22. The maximum atomic E-state index is 11.9. The second-order valence-corrected chi connectivity index (χ2v) is 5.86. The molecule has 0 saturated carbocycles. The second-order valence-electron chi connectivity index (χ2n) is 5.86. The van der Waals surface area contributed by atoms with E-state index in [1.165, 1.54) is 29.8 Å². The number of rotatable bonds is 7. The first-order valence-corrected chi connectivity index (χ1v) is 8.22. The van der Waals surface area contributed by atoms with E-state index >= 15 is 0 Å². The summed E-state index contributed by atoms with van der Waals surface area (Å²) in [6.07, 6.45) is 1.03. The fraction of sp³-hybridized carbons (Fsp3) is 0.263. The topological polar surface area (TPSA) is 98.5 Å². The van der Waals surface area contributed by atoms with Crippen molar-refractivity contribution in [1.29, 1.82) is 0 Å². The van der Waals surface area contributed by atoms with Gasteiger partial charge in [-0.05, 0) is 42.2 Å². The number of non-ortho nitro benzene ring substituents is 1. The lowest BCUT2D eigenvalue weighted by molar-refractivity contribution is -0.384. The SMILES string of the molecule is CC[C@H](C)c1ccc(NC(=O)COC(=O)c2ccc([N+](=O)[O-])cc2)cc1. The van der Waals surface area contributed by atoms with Crippen LogP contribution in [0.4, 0.5) is 11.4 Å². The van der Waals surface area contributed by atoms with E-state index in [2.05, 4.69) is 19.2 Å². The molecule has 0 radical (unpaired) electrons. The minimum atomic E-state index is -0.720. The zero-order valence-corrected chi connectivity index (χ0v) is 14.6. The molecule has 1 amide bonds. The summed E-state index contributed by atoms with van der Waals surface area (Å²) in [4.78, 5) is 33.8. The first-order chi connectivity index (χ1) is 12.4. The van der Waals surface area contributed by atoms with Crippen molar-refractivity contribution in [2.45, 2.75) is 26.2 Å². The van der Waals surface area contributed by atoms with Gasteiger partial charge in [-0.3, -0.25) is 14.9 Å². The summed E-state index contributed by atoms with van der Waals surface area (Å²) in [6, 6.07) is 12.5. The van der Waals surface area contributed by atoms with Gasteiger partial charge in [-0.1, -0.05) is 26.0 Å². The molecule has 0 fully saturated rings. The average Bonchev–Trinajstić information content (AvgIpc) is 2.66. The summed E-state index contributed by atoms with van der Waals surface area (Å²) in [6.45, 7) is 3.80. The molecule has 2 aromatic carbocycles. The molecule has 2 aromatic rings. The fourth-order valence-electron chi connectivity index (χ4n) is 2.26. The smallest absolute Gasteiger partial charge is 0.338 e. The zero-order chi connectivity index (χ0) is 19.1. The zero-order valence-electron chi connectivity index (χ0n) is 14.6. The van der Waals surface area contributed by atoms with Crippen LogP contribution in [0.2, 0.25) is 0 Å². The lowest BCUT2D eigenvalue weighted by atomic mass is 9.99. The van der Waals surface area contributed by atoms with Crippen molar-refractivity contribution in [2.24, 2.45) is 0 Å². The van der Waals surface area contributed by atoms with E-state index < -0.39 is 23.4 Å². The van der Waals surface area contributed by atoms with Crippen molar-refractivity contribution in [1.82, 2.24) is 0 Å². The molecule has 136 valence electrons. The third-order valence-corrected chi connectivity index (χ3v) is 4.02. The molecule has 1 atom stereocenters. The monoisotopic (exact) mass is 356 g/mol. The van der Waals surface area contributed by atoms with Crippen LogP contribution in [-0.4, -0.2) is 23.4 Å². The van der Waals surface area contributed by atoms with E-state index in [4.69, 9.17) is 4.74 Å². The highest BCUT2D eigenvalue weighted by Crippen LogP contribution is 2.20. The number of nitro groups is 1. The summed E-state index contributed by atoms with van der Waals surface area (Å²) in [5.74, 6) is -0.735. The maximum absolute atomic E-state index is 11.9. The van der Waals surface area contributed by atoms with Gasteiger partial charge in [0, 0.05) is 17.8 Å².